The lowest BCUT2D eigenvalue weighted by atomic mass is 10.0. The van der Waals surface area contributed by atoms with Crippen molar-refractivity contribution >= 4 is 21.9 Å². The molecule has 1 atom stereocenters. The second kappa shape index (κ2) is 5.75. The van der Waals surface area contributed by atoms with E-state index in [1.807, 2.05) is 30.3 Å². The van der Waals surface area contributed by atoms with Crippen LogP contribution in [0.5, 0.6) is 0 Å². The van der Waals surface area contributed by atoms with Crippen molar-refractivity contribution < 1.29 is 9.52 Å². The Bertz CT molecular complexity index is 786. The van der Waals surface area contributed by atoms with Gasteiger partial charge in [0.05, 0.1) is 6.10 Å². The van der Waals surface area contributed by atoms with E-state index in [0.717, 1.165) is 47.1 Å². The van der Waals surface area contributed by atoms with Crippen LogP contribution in [0.2, 0.25) is 0 Å². The number of hydrogen-bond acceptors (Lipinski definition) is 3. The van der Waals surface area contributed by atoms with E-state index in [1.165, 1.54) is 19.3 Å². The normalized spacial score (nSPS) is 18.0. The first kappa shape index (κ1) is 13.8. The highest BCUT2D eigenvalue weighted by molar-refractivity contribution is 6.04. The highest BCUT2D eigenvalue weighted by Crippen LogP contribution is 2.30. The van der Waals surface area contributed by atoms with Crippen LogP contribution in [0.25, 0.3) is 21.9 Å². The van der Waals surface area contributed by atoms with Gasteiger partial charge in [0.1, 0.15) is 11.2 Å². The minimum absolute atomic E-state index is 0.434. The number of aliphatic hydroxyl groups excluding tert-OH is 1. The predicted molar refractivity (Wildman–Crippen MR) is 89.0 cm³/mol. The van der Waals surface area contributed by atoms with E-state index < -0.39 is 6.10 Å². The molecule has 2 heterocycles. The summed E-state index contributed by atoms with van der Waals surface area (Å²) < 4.78 is 5.85. The number of rotatable bonds is 3. The van der Waals surface area contributed by atoms with E-state index in [4.69, 9.17) is 4.42 Å². The summed E-state index contributed by atoms with van der Waals surface area (Å²) in [6.45, 7) is 2.93. The molecule has 0 radical (unpaired) electrons. The van der Waals surface area contributed by atoms with Crippen molar-refractivity contribution in [3.8, 4) is 0 Å². The maximum atomic E-state index is 10.6. The van der Waals surface area contributed by atoms with Gasteiger partial charge >= 0.3 is 0 Å². The number of benzene rings is 2. The van der Waals surface area contributed by atoms with E-state index >= 15 is 0 Å². The molecule has 22 heavy (non-hydrogen) atoms. The fraction of sp³-hybridized carbons (Fsp3) is 0.368. The molecule has 0 unspecified atom stereocenters. The standard InChI is InChI=1S/C19H21NO2/c21-17(13-20-10-4-1-5-11-20)14-8-9-19-16(12-14)15-6-2-3-7-18(15)22-19/h2-3,6-9,12,17,21H,1,4-5,10-11,13H2/t17-/m0/s1. The molecule has 0 bridgehead atoms. The van der Waals surface area contributed by atoms with Crippen molar-refractivity contribution in [1.29, 1.82) is 0 Å². The Morgan fingerprint density at radius 2 is 1.73 bits per heavy atom. The number of aliphatic hydroxyl groups is 1. The van der Waals surface area contributed by atoms with Crippen molar-refractivity contribution in [2.75, 3.05) is 19.6 Å². The smallest absolute Gasteiger partial charge is 0.135 e. The Morgan fingerprint density at radius 1 is 0.955 bits per heavy atom. The maximum absolute atomic E-state index is 10.6. The molecule has 1 aromatic heterocycles. The first-order valence-corrected chi connectivity index (χ1v) is 8.13. The van der Waals surface area contributed by atoms with E-state index in [-0.39, 0.29) is 0 Å². The van der Waals surface area contributed by atoms with Gasteiger partial charge in [-0.1, -0.05) is 30.7 Å². The molecule has 0 amide bonds. The quantitative estimate of drug-likeness (QED) is 0.790. The van der Waals surface area contributed by atoms with E-state index in [2.05, 4.69) is 17.0 Å². The summed E-state index contributed by atoms with van der Waals surface area (Å²) in [7, 11) is 0. The Kier molecular flexibility index (Phi) is 3.60. The molecule has 1 N–H and O–H groups in total. The van der Waals surface area contributed by atoms with Gasteiger partial charge in [-0.25, -0.2) is 0 Å². The third-order valence-corrected chi connectivity index (χ3v) is 4.67. The lowest BCUT2D eigenvalue weighted by molar-refractivity contribution is 0.102. The number of hydrogen-bond donors (Lipinski definition) is 1. The van der Waals surface area contributed by atoms with Gasteiger partial charge in [-0.15, -0.1) is 0 Å². The van der Waals surface area contributed by atoms with E-state index in [1.54, 1.807) is 0 Å². The van der Waals surface area contributed by atoms with Gasteiger partial charge in [0.15, 0.2) is 0 Å². The Balaban J connectivity index is 1.64. The van der Waals surface area contributed by atoms with Gasteiger partial charge in [0, 0.05) is 17.3 Å². The molecule has 1 aliphatic rings. The monoisotopic (exact) mass is 295 g/mol. The minimum Gasteiger partial charge on any atom is -0.456 e. The average molecular weight is 295 g/mol. The number of furan rings is 1. The number of β-amino-alcohol motifs (C(OH)–C–C–N with tert-alkyl or cyclic N) is 1. The van der Waals surface area contributed by atoms with Gasteiger partial charge in [0.2, 0.25) is 0 Å². The topological polar surface area (TPSA) is 36.6 Å². The number of nitrogens with zero attached hydrogens (tertiary/aromatic N) is 1. The summed E-state index contributed by atoms with van der Waals surface area (Å²) in [4.78, 5) is 2.37. The first-order valence-electron chi connectivity index (χ1n) is 8.13. The second-order valence-electron chi connectivity index (χ2n) is 6.23. The molecule has 0 aliphatic carbocycles. The van der Waals surface area contributed by atoms with Crippen LogP contribution >= 0.6 is 0 Å². The van der Waals surface area contributed by atoms with Gasteiger partial charge < -0.3 is 14.4 Å². The van der Waals surface area contributed by atoms with E-state index in [9.17, 15) is 5.11 Å². The molecule has 0 saturated carbocycles. The van der Waals surface area contributed by atoms with Crippen LogP contribution in [-0.2, 0) is 0 Å². The molecule has 0 spiro atoms. The summed E-state index contributed by atoms with van der Waals surface area (Å²) in [5.74, 6) is 0. The molecule has 3 heteroatoms. The van der Waals surface area contributed by atoms with Gasteiger partial charge in [-0.05, 0) is 49.7 Å². The van der Waals surface area contributed by atoms with Gasteiger partial charge in [-0.3, -0.25) is 0 Å². The highest BCUT2D eigenvalue weighted by atomic mass is 16.3. The Labute approximate surface area is 130 Å². The third-order valence-electron chi connectivity index (χ3n) is 4.67. The summed E-state index contributed by atoms with van der Waals surface area (Å²) in [5, 5.41) is 12.8. The van der Waals surface area contributed by atoms with Gasteiger partial charge in [0.25, 0.3) is 0 Å². The molecule has 3 aromatic rings. The number of para-hydroxylation sites is 1. The summed E-state index contributed by atoms with van der Waals surface area (Å²) in [5.41, 5.74) is 2.76. The zero-order valence-corrected chi connectivity index (χ0v) is 12.7. The van der Waals surface area contributed by atoms with Crippen molar-refractivity contribution in [2.24, 2.45) is 0 Å². The van der Waals surface area contributed by atoms with Crippen LogP contribution in [0.3, 0.4) is 0 Å². The summed E-state index contributed by atoms with van der Waals surface area (Å²) >= 11 is 0. The van der Waals surface area contributed by atoms with Crippen molar-refractivity contribution in [3.63, 3.8) is 0 Å². The molecule has 2 aromatic carbocycles. The Morgan fingerprint density at radius 3 is 2.59 bits per heavy atom. The molecular formula is C19H21NO2. The SMILES string of the molecule is O[C@@H](CN1CCCCC1)c1ccc2oc3ccccc3c2c1. The zero-order chi connectivity index (χ0) is 14.9. The molecule has 4 rings (SSSR count). The first-order chi connectivity index (χ1) is 10.8. The average Bonchev–Trinajstić information content (AvgIpc) is 2.93. The minimum atomic E-state index is -0.434. The lowest BCUT2D eigenvalue weighted by Gasteiger charge is -2.28. The highest BCUT2D eigenvalue weighted by Gasteiger charge is 2.17. The molecular weight excluding hydrogens is 274 g/mol. The van der Waals surface area contributed by atoms with Crippen LogP contribution in [0.1, 0.15) is 30.9 Å². The summed E-state index contributed by atoms with van der Waals surface area (Å²) in [6, 6.07) is 14.1. The molecule has 3 nitrogen and oxygen atoms in total. The van der Waals surface area contributed by atoms with Crippen LogP contribution in [0, 0.1) is 0 Å². The van der Waals surface area contributed by atoms with Crippen molar-refractivity contribution in [2.45, 2.75) is 25.4 Å². The molecule has 114 valence electrons. The second-order valence-corrected chi connectivity index (χ2v) is 6.23. The molecule has 1 fully saturated rings. The van der Waals surface area contributed by atoms with E-state index in [0.29, 0.717) is 0 Å². The Hall–Kier alpha value is -1.84. The van der Waals surface area contributed by atoms with Crippen LogP contribution in [0.4, 0.5) is 0 Å². The van der Waals surface area contributed by atoms with Crippen LogP contribution in [0.15, 0.2) is 46.9 Å². The van der Waals surface area contributed by atoms with Gasteiger partial charge in [-0.2, -0.15) is 0 Å². The summed E-state index contributed by atoms with van der Waals surface area (Å²) in [6.07, 6.45) is 3.38. The van der Waals surface area contributed by atoms with Crippen molar-refractivity contribution in [1.82, 2.24) is 4.90 Å². The van der Waals surface area contributed by atoms with Crippen LogP contribution < -0.4 is 0 Å². The third kappa shape index (κ3) is 2.51. The number of fused-ring (bicyclic) bond motifs is 3. The number of piperidine rings is 1. The number of likely N-dealkylation sites (tertiary alicyclic amines) is 1. The predicted octanol–water partition coefficient (Wildman–Crippen LogP) is 4.11. The van der Waals surface area contributed by atoms with Crippen LogP contribution in [-0.4, -0.2) is 29.6 Å². The lowest BCUT2D eigenvalue weighted by Crippen LogP contribution is -2.33. The fourth-order valence-corrected chi connectivity index (χ4v) is 3.44. The largest absolute Gasteiger partial charge is 0.456 e. The fourth-order valence-electron chi connectivity index (χ4n) is 3.44. The molecule has 1 aliphatic heterocycles. The van der Waals surface area contributed by atoms with Crippen molar-refractivity contribution in [3.05, 3.63) is 48.0 Å². The molecule has 1 saturated heterocycles. The maximum Gasteiger partial charge on any atom is 0.135 e. The zero-order valence-electron chi connectivity index (χ0n) is 12.7.